The summed E-state index contributed by atoms with van der Waals surface area (Å²) in [6, 6.07) is 11.4. The first kappa shape index (κ1) is 16.9. The summed E-state index contributed by atoms with van der Waals surface area (Å²) in [5.41, 5.74) is 3.05. The van der Waals surface area contributed by atoms with Crippen molar-refractivity contribution in [2.24, 2.45) is 10.1 Å². The molecular weight excluding hydrogens is 334 g/mol. The Morgan fingerprint density at radius 3 is 1.73 bits per heavy atom. The van der Waals surface area contributed by atoms with Crippen LogP contribution in [-0.2, 0) is 0 Å². The molecule has 0 saturated heterocycles. The summed E-state index contributed by atoms with van der Waals surface area (Å²) in [7, 11) is 0. The van der Waals surface area contributed by atoms with Gasteiger partial charge in [-0.05, 0) is 47.5 Å². The van der Waals surface area contributed by atoms with Crippen LogP contribution in [-0.4, -0.2) is 11.4 Å². The monoisotopic (exact) mass is 344 g/mol. The van der Waals surface area contributed by atoms with Gasteiger partial charge in [0.25, 0.3) is 0 Å². The summed E-state index contributed by atoms with van der Waals surface area (Å²) in [5, 5.41) is 12.8. The maximum absolute atomic E-state index is 13.2. The molecule has 26 heavy (non-hydrogen) atoms. The minimum absolute atomic E-state index is 0.349. The quantitative estimate of drug-likeness (QED) is 0.339. The number of aliphatic imine (C=N–C) groups is 1. The van der Waals surface area contributed by atoms with Crippen LogP contribution in [0.15, 0.2) is 70.8 Å². The van der Waals surface area contributed by atoms with Crippen molar-refractivity contribution < 1.29 is 8.78 Å². The Kier molecular flexibility index (Phi) is 4.78. The molecule has 0 saturated carbocycles. The van der Waals surface area contributed by atoms with Gasteiger partial charge in [0.2, 0.25) is 6.19 Å². The van der Waals surface area contributed by atoms with E-state index in [1.54, 1.807) is 42.6 Å². The molecule has 0 bridgehead atoms. The fourth-order valence-electron chi connectivity index (χ4n) is 2.58. The van der Waals surface area contributed by atoms with Crippen molar-refractivity contribution in [1.82, 2.24) is 0 Å². The van der Waals surface area contributed by atoms with Crippen LogP contribution in [0.4, 0.5) is 8.78 Å². The zero-order valence-electron chi connectivity index (χ0n) is 13.3. The first-order valence-electron chi connectivity index (χ1n) is 7.49. The first-order valence-corrected chi connectivity index (χ1v) is 7.49. The van der Waals surface area contributed by atoms with Crippen LogP contribution < -0.4 is 0 Å². The second-order valence-corrected chi connectivity index (χ2v) is 5.31. The van der Waals surface area contributed by atoms with Gasteiger partial charge < -0.3 is 0 Å². The van der Waals surface area contributed by atoms with Crippen LogP contribution in [0.25, 0.3) is 16.1 Å². The molecule has 0 heterocycles. The van der Waals surface area contributed by atoms with E-state index in [-0.39, 0.29) is 11.6 Å². The Morgan fingerprint density at radius 2 is 1.27 bits per heavy atom. The van der Waals surface area contributed by atoms with Crippen LogP contribution in [0.3, 0.4) is 0 Å². The average molecular weight is 344 g/mol. The molecule has 6 heteroatoms. The maximum Gasteiger partial charge on any atom is 0.206 e. The van der Waals surface area contributed by atoms with Crippen molar-refractivity contribution in [3.8, 4) is 6.19 Å². The molecule has 0 amide bonds. The number of hydrogen-bond acceptors (Lipinski definition) is 3. The molecular formula is C20H10F2N4. The summed E-state index contributed by atoms with van der Waals surface area (Å²) in [5.74, 6) is -0.774. The van der Waals surface area contributed by atoms with Gasteiger partial charge in [-0.15, -0.1) is 4.95 Å². The minimum Gasteiger partial charge on any atom is -0.207 e. The molecule has 2 aromatic rings. The van der Waals surface area contributed by atoms with E-state index in [1.807, 2.05) is 0 Å². The van der Waals surface area contributed by atoms with Gasteiger partial charge in [-0.2, -0.15) is 16.8 Å². The average Bonchev–Trinajstić information content (AvgIpc) is 2.64. The fourth-order valence-corrected chi connectivity index (χ4v) is 2.58. The van der Waals surface area contributed by atoms with Gasteiger partial charge in [-0.3, -0.25) is 0 Å². The summed E-state index contributed by atoms with van der Waals surface area (Å²) in [6.45, 7) is 7.04. The van der Waals surface area contributed by atoms with Crippen LogP contribution in [0.5, 0.6) is 0 Å². The van der Waals surface area contributed by atoms with Gasteiger partial charge in [-0.25, -0.2) is 8.78 Å². The van der Waals surface area contributed by atoms with Crippen molar-refractivity contribution in [3.63, 3.8) is 0 Å². The van der Waals surface area contributed by atoms with E-state index >= 15 is 0 Å². The van der Waals surface area contributed by atoms with E-state index in [0.29, 0.717) is 33.7 Å². The highest BCUT2D eigenvalue weighted by Gasteiger charge is 2.22. The summed E-state index contributed by atoms with van der Waals surface area (Å²) in [6.07, 6.45) is 4.97. The van der Waals surface area contributed by atoms with Crippen LogP contribution in [0.1, 0.15) is 11.1 Å². The third kappa shape index (κ3) is 3.45. The van der Waals surface area contributed by atoms with Gasteiger partial charge in [-0.1, -0.05) is 24.3 Å². The van der Waals surface area contributed by atoms with Crippen molar-refractivity contribution in [3.05, 3.63) is 95.0 Å². The lowest BCUT2D eigenvalue weighted by Crippen LogP contribution is -2.12. The van der Waals surface area contributed by atoms with Gasteiger partial charge in [0.1, 0.15) is 11.6 Å². The van der Waals surface area contributed by atoms with Crippen molar-refractivity contribution >= 4 is 22.6 Å². The largest absolute Gasteiger partial charge is 0.207 e. The highest BCUT2D eigenvalue weighted by atomic mass is 19.1. The lowest BCUT2D eigenvalue weighted by molar-refractivity contribution is 0.627. The van der Waals surface area contributed by atoms with Crippen molar-refractivity contribution in [1.29, 1.82) is 5.26 Å². The normalized spacial score (nSPS) is 16.6. The number of rotatable bonds is 2. The summed E-state index contributed by atoms with van der Waals surface area (Å²) in [4.78, 5) is 6.91. The molecule has 0 aromatic heterocycles. The number of nitrogens with zero attached hydrogens (tertiary/aromatic N) is 4. The molecule has 1 aliphatic rings. The molecule has 0 spiro atoms. The fraction of sp³-hybridized carbons (Fsp3) is 0. The predicted octanol–water partition coefficient (Wildman–Crippen LogP) is 4.64. The Bertz CT molecular complexity index is 957. The lowest BCUT2D eigenvalue weighted by atomic mass is 9.88. The van der Waals surface area contributed by atoms with Crippen molar-refractivity contribution in [2.75, 3.05) is 0 Å². The second kappa shape index (κ2) is 7.33. The molecule has 0 atom stereocenters. The SMILES string of the molecule is [C-]#[N+]/N=C1\C=C(c2ccc(F)cc2)C(=NC#N)C=C1c1ccc(F)cc1. The van der Waals surface area contributed by atoms with Gasteiger partial charge in [0.05, 0.1) is 10.8 Å². The van der Waals surface area contributed by atoms with Gasteiger partial charge in [0.15, 0.2) is 5.71 Å². The molecule has 2 aromatic carbocycles. The standard InChI is InChI=1S/C20H10F2N4/c1-24-26-20-11-17(13-2-6-15(21)7-3-13)19(25-12-23)10-18(20)14-4-8-16(22)9-5-14/h2-11H/b25-19?,26-20+. The molecule has 4 nitrogen and oxygen atoms in total. The van der Waals surface area contributed by atoms with Crippen LogP contribution in [0.2, 0.25) is 0 Å². The molecule has 0 unspecified atom stereocenters. The number of hydrogen-bond donors (Lipinski definition) is 0. The Balaban J connectivity index is 2.16. The number of halogens is 2. The number of nitriles is 1. The van der Waals surface area contributed by atoms with E-state index < -0.39 is 0 Å². The molecule has 1 aliphatic carbocycles. The van der Waals surface area contributed by atoms with E-state index in [9.17, 15) is 8.78 Å². The number of allylic oxidation sites excluding steroid dienone is 4. The minimum atomic E-state index is -0.387. The lowest BCUT2D eigenvalue weighted by Gasteiger charge is -2.16. The first-order chi connectivity index (χ1) is 12.6. The van der Waals surface area contributed by atoms with Gasteiger partial charge >= 0.3 is 0 Å². The molecule has 3 rings (SSSR count). The zero-order valence-corrected chi connectivity index (χ0v) is 13.3. The molecule has 0 N–H and O–H groups in total. The van der Waals surface area contributed by atoms with E-state index in [0.717, 1.165) is 0 Å². The molecule has 0 fully saturated rings. The van der Waals surface area contributed by atoms with Crippen LogP contribution in [0, 0.1) is 29.7 Å². The predicted molar refractivity (Wildman–Crippen MR) is 95.8 cm³/mol. The summed E-state index contributed by atoms with van der Waals surface area (Å²) >= 11 is 0. The highest BCUT2D eigenvalue weighted by molar-refractivity contribution is 6.46. The third-order valence-corrected chi connectivity index (χ3v) is 3.75. The molecule has 0 radical (unpaired) electrons. The van der Waals surface area contributed by atoms with Crippen molar-refractivity contribution in [2.45, 2.75) is 0 Å². The molecule has 0 aliphatic heterocycles. The third-order valence-electron chi connectivity index (χ3n) is 3.75. The van der Waals surface area contributed by atoms with E-state index in [4.69, 9.17) is 11.8 Å². The maximum atomic E-state index is 13.2. The summed E-state index contributed by atoms with van der Waals surface area (Å²) < 4.78 is 26.4. The topological polar surface area (TPSA) is 52.9 Å². The molecule has 124 valence electrons. The van der Waals surface area contributed by atoms with Gasteiger partial charge in [0, 0.05) is 11.1 Å². The van der Waals surface area contributed by atoms with Crippen LogP contribution >= 0.6 is 0 Å². The second-order valence-electron chi connectivity index (χ2n) is 5.31. The van der Waals surface area contributed by atoms with E-state index in [1.165, 1.54) is 24.3 Å². The Morgan fingerprint density at radius 1 is 0.808 bits per heavy atom. The Hall–Kier alpha value is -3.90. The highest BCUT2D eigenvalue weighted by Crippen LogP contribution is 2.29. The van der Waals surface area contributed by atoms with E-state index in [2.05, 4.69) is 15.0 Å². The smallest absolute Gasteiger partial charge is 0.206 e. The number of benzene rings is 2. The Labute approximate surface area is 148 Å². The zero-order chi connectivity index (χ0) is 18.5.